The van der Waals surface area contributed by atoms with Crippen LogP contribution in [0.25, 0.3) is 0 Å². The average molecular weight is 359 g/mol. The summed E-state index contributed by atoms with van der Waals surface area (Å²) >= 11 is 5.95. The molecule has 2 rings (SSSR count). The molecular formula is C15H23ClN4O4. The summed E-state index contributed by atoms with van der Waals surface area (Å²) < 4.78 is 10.6. The van der Waals surface area contributed by atoms with Crippen molar-refractivity contribution < 1.29 is 19.4 Å². The maximum atomic E-state index is 12.1. The van der Waals surface area contributed by atoms with Crippen molar-refractivity contribution in [2.75, 3.05) is 31.6 Å². The standard InChI is InChI=1S/C15H23ClN4O4/c1-15(2,3)24-14(22)20-5-4-10(9-20)18-13-17-8-11(16)12(19-13)23-7-6-21/h8,10,21H,4-7,9H2,1-3H3,(H,17,18,19). The third-order valence-corrected chi connectivity index (χ3v) is 3.47. The fourth-order valence-electron chi connectivity index (χ4n) is 2.22. The summed E-state index contributed by atoms with van der Waals surface area (Å²) in [5.41, 5.74) is -0.513. The van der Waals surface area contributed by atoms with Gasteiger partial charge in [-0.25, -0.2) is 9.78 Å². The SMILES string of the molecule is CC(C)(C)OC(=O)N1CCC(Nc2ncc(Cl)c(OCCO)n2)C1. The fraction of sp³-hybridized carbons (Fsp3) is 0.667. The van der Waals surface area contributed by atoms with Gasteiger partial charge in [-0.15, -0.1) is 0 Å². The number of nitrogens with zero attached hydrogens (tertiary/aromatic N) is 3. The molecule has 0 bridgehead atoms. The first-order valence-electron chi connectivity index (χ1n) is 7.79. The van der Waals surface area contributed by atoms with Gasteiger partial charge in [-0.1, -0.05) is 11.6 Å². The van der Waals surface area contributed by atoms with E-state index in [1.54, 1.807) is 4.90 Å². The maximum absolute atomic E-state index is 12.1. The first kappa shape index (κ1) is 18.5. The van der Waals surface area contributed by atoms with Gasteiger partial charge in [0.1, 0.15) is 17.2 Å². The number of hydrogen-bond donors (Lipinski definition) is 2. The molecule has 1 unspecified atom stereocenters. The highest BCUT2D eigenvalue weighted by molar-refractivity contribution is 6.31. The van der Waals surface area contributed by atoms with Crippen LogP contribution in [0.3, 0.4) is 0 Å². The Bertz CT molecular complexity index is 579. The van der Waals surface area contributed by atoms with Crippen LogP contribution in [0.15, 0.2) is 6.20 Å². The number of likely N-dealkylation sites (tertiary alicyclic amines) is 1. The molecule has 0 saturated carbocycles. The zero-order valence-corrected chi connectivity index (χ0v) is 14.8. The predicted molar refractivity (Wildman–Crippen MR) is 89.5 cm³/mol. The Labute approximate surface area is 146 Å². The molecule has 24 heavy (non-hydrogen) atoms. The lowest BCUT2D eigenvalue weighted by atomic mass is 10.2. The molecule has 134 valence electrons. The van der Waals surface area contributed by atoms with Gasteiger partial charge in [0, 0.05) is 19.1 Å². The molecule has 1 aromatic heterocycles. The molecule has 2 N–H and O–H groups in total. The van der Waals surface area contributed by atoms with Crippen LogP contribution >= 0.6 is 11.6 Å². The molecule has 1 saturated heterocycles. The zero-order valence-electron chi connectivity index (χ0n) is 14.1. The molecule has 0 spiro atoms. The molecule has 8 nitrogen and oxygen atoms in total. The molecule has 2 heterocycles. The number of halogens is 1. The summed E-state index contributed by atoms with van der Waals surface area (Å²) in [5, 5.41) is 12.2. The van der Waals surface area contributed by atoms with Gasteiger partial charge in [0.25, 0.3) is 0 Å². The molecule has 0 aliphatic carbocycles. The van der Waals surface area contributed by atoms with Crippen LogP contribution in [0.4, 0.5) is 10.7 Å². The van der Waals surface area contributed by atoms with Crippen molar-refractivity contribution in [2.24, 2.45) is 0 Å². The second-order valence-corrected chi connectivity index (χ2v) is 6.88. The van der Waals surface area contributed by atoms with Gasteiger partial charge in [-0.3, -0.25) is 0 Å². The molecule has 1 fully saturated rings. The normalized spacial score (nSPS) is 17.7. The van der Waals surface area contributed by atoms with Crippen LogP contribution < -0.4 is 10.1 Å². The number of ether oxygens (including phenoxy) is 2. The van der Waals surface area contributed by atoms with Crippen LogP contribution in [-0.4, -0.2) is 64.0 Å². The van der Waals surface area contributed by atoms with Gasteiger partial charge >= 0.3 is 6.09 Å². The minimum atomic E-state index is -0.513. The topological polar surface area (TPSA) is 96.8 Å². The number of aromatic nitrogens is 2. The quantitative estimate of drug-likeness (QED) is 0.829. The number of nitrogens with one attached hydrogen (secondary N) is 1. The molecule has 1 aromatic rings. The van der Waals surface area contributed by atoms with E-state index in [0.717, 1.165) is 6.42 Å². The Morgan fingerprint density at radius 3 is 2.96 bits per heavy atom. The Kier molecular flexibility index (Phi) is 6.06. The number of anilines is 1. The molecule has 1 aliphatic heterocycles. The lowest BCUT2D eigenvalue weighted by Gasteiger charge is -2.24. The highest BCUT2D eigenvalue weighted by Crippen LogP contribution is 2.23. The Morgan fingerprint density at radius 1 is 1.54 bits per heavy atom. The Morgan fingerprint density at radius 2 is 2.29 bits per heavy atom. The van der Waals surface area contributed by atoms with Crippen LogP contribution in [0.5, 0.6) is 5.88 Å². The lowest BCUT2D eigenvalue weighted by molar-refractivity contribution is 0.0293. The molecule has 0 aromatic carbocycles. The largest absolute Gasteiger partial charge is 0.474 e. The van der Waals surface area contributed by atoms with E-state index >= 15 is 0 Å². The van der Waals surface area contributed by atoms with Crippen molar-refractivity contribution in [3.05, 3.63) is 11.2 Å². The molecule has 1 aliphatic rings. The molecule has 9 heteroatoms. The maximum Gasteiger partial charge on any atom is 0.410 e. The summed E-state index contributed by atoms with van der Waals surface area (Å²) in [5.74, 6) is 0.577. The van der Waals surface area contributed by atoms with Crippen molar-refractivity contribution >= 4 is 23.6 Å². The highest BCUT2D eigenvalue weighted by Gasteiger charge is 2.30. The second-order valence-electron chi connectivity index (χ2n) is 6.48. The van der Waals surface area contributed by atoms with Crippen LogP contribution in [0.2, 0.25) is 5.02 Å². The Balaban J connectivity index is 1.92. The van der Waals surface area contributed by atoms with E-state index in [1.165, 1.54) is 6.20 Å². The van der Waals surface area contributed by atoms with Gasteiger partial charge < -0.3 is 24.8 Å². The monoisotopic (exact) mass is 358 g/mol. The lowest BCUT2D eigenvalue weighted by Crippen LogP contribution is -2.36. The summed E-state index contributed by atoms with van der Waals surface area (Å²) in [7, 11) is 0. The van der Waals surface area contributed by atoms with E-state index in [1.807, 2.05) is 20.8 Å². The van der Waals surface area contributed by atoms with Gasteiger partial charge in [-0.05, 0) is 27.2 Å². The second kappa shape index (κ2) is 7.85. The van der Waals surface area contributed by atoms with E-state index in [9.17, 15) is 4.79 Å². The average Bonchev–Trinajstić information content (AvgIpc) is 2.95. The van der Waals surface area contributed by atoms with Crippen LogP contribution in [0.1, 0.15) is 27.2 Å². The van der Waals surface area contributed by atoms with Gasteiger partial charge in [0.15, 0.2) is 0 Å². The molecular weight excluding hydrogens is 336 g/mol. The number of carbonyl (C=O) groups excluding carboxylic acids is 1. The van der Waals surface area contributed by atoms with Gasteiger partial charge in [0.05, 0.1) is 12.8 Å². The number of rotatable bonds is 5. The molecule has 1 atom stereocenters. The summed E-state index contributed by atoms with van der Waals surface area (Å²) in [6.45, 7) is 6.61. The first-order chi connectivity index (χ1) is 11.3. The zero-order chi connectivity index (χ0) is 17.7. The Hall–Kier alpha value is -1.80. The highest BCUT2D eigenvalue weighted by atomic mass is 35.5. The first-order valence-corrected chi connectivity index (χ1v) is 8.17. The van der Waals surface area contributed by atoms with Crippen LogP contribution in [-0.2, 0) is 4.74 Å². The summed E-state index contributed by atoms with van der Waals surface area (Å²) in [6.07, 6.45) is 1.87. The van der Waals surface area contributed by atoms with E-state index < -0.39 is 5.60 Å². The van der Waals surface area contributed by atoms with Crippen LogP contribution in [0, 0.1) is 0 Å². The number of amides is 1. The van der Waals surface area contributed by atoms with E-state index in [4.69, 9.17) is 26.2 Å². The smallest absolute Gasteiger partial charge is 0.410 e. The fourth-order valence-corrected chi connectivity index (χ4v) is 2.36. The van der Waals surface area contributed by atoms with Crippen molar-refractivity contribution in [2.45, 2.75) is 38.8 Å². The predicted octanol–water partition coefficient (Wildman–Crippen LogP) is 1.92. The summed E-state index contributed by atoms with van der Waals surface area (Å²) in [4.78, 5) is 22.0. The minimum absolute atomic E-state index is 0.0179. The van der Waals surface area contributed by atoms with Crippen molar-refractivity contribution in [3.63, 3.8) is 0 Å². The van der Waals surface area contributed by atoms with Crippen molar-refractivity contribution in [1.82, 2.24) is 14.9 Å². The minimum Gasteiger partial charge on any atom is -0.474 e. The number of carbonyl (C=O) groups is 1. The van der Waals surface area contributed by atoms with E-state index in [-0.39, 0.29) is 36.3 Å². The van der Waals surface area contributed by atoms with Gasteiger partial charge in [0.2, 0.25) is 11.8 Å². The summed E-state index contributed by atoms with van der Waals surface area (Å²) in [6, 6.07) is 0.0179. The van der Waals surface area contributed by atoms with Gasteiger partial charge in [-0.2, -0.15) is 4.98 Å². The third kappa shape index (κ3) is 5.38. The van der Waals surface area contributed by atoms with E-state index in [0.29, 0.717) is 19.0 Å². The van der Waals surface area contributed by atoms with Crippen molar-refractivity contribution in [1.29, 1.82) is 0 Å². The number of aliphatic hydroxyl groups excluding tert-OH is 1. The number of aliphatic hydroxyl groups is 1. The van der Waals surface area contributed by atoms with E-state index in [2.05, 4.69) is 15.3 Å². The van der Waals surface area contributed by atoms with Crippen molar-refractivity contribution in [3.8, 4) is 5.88 Å². The third-order valence-electron chi connectivity index (χ3n) is 3.22. The number of hydrogen-bond acceptors (Lipinski definition) is 7. The molecule has 0 radical (unpaired) electrons. The molecule has 1 amide bonds.